The Morgan fingerprint density at radius 2 is 2.19 bits per heavy atom. The number of ketones is 1. The molecule has 0 aliphatic carbocycles. The monoisotopic (exact) mass is 410 g/mol. The average molecular weight is 411 g/mol. The number of methoxy groups -OCH3 is 1. The number of hydrogen-bond acceptors (Lipinski definition) is 7. The molecule has 0 N–H and O–H groups in total. The summed E-state index contributed by atoms with van der Waals surface area (Å²) in [6, 6.07) is 5.24. The Bertz CT molecular complexity index is 927. The van der Waals surface area contributed by atoms with Crippen molar-refractivity contribution in [3.8, 4) is 0 Å². The van der Waals surface area contributed by atoms with E-state index in [-0.39, 0.29) is 11.5 Å². The molecule has 0 fully saturated rings. The minimum atomic E-state index is -3.31. The number of carbonyl (C=O) groups is 1. The highest BCUT2D eigenvalue weighted by Gasteiger charge is 2.24. The van der Waals surface area contributed by atoms with Crippen LogP contribution in [0.4, 0.5) is 5.69 Å². The van der Waals surface area contributed by atoms with E-state index in [4.69, 9.17) is 4.74 Å². The number of carbonyl (C=O) groups excluding carboxylic acids is 1. The molecule has 146 valence electrons. The van der Waals surface area contributed by atoms with E-state index in [9.17, 15) is 13.2 Å². The van der Waals surface area contributed by atoms with Gasteiger partial charge in [0.2, 0.25) is 10.0 Å². The molecule has 0 saturated heterocycles. The first-order valence-electron chi connectivity index (χ1n) is 8.53. The fourth-order valence-corrected chi connectivity index (χ4v) is 4.83. The summed E-state index contributed by atoms with van der Waals surface area (Å²) in [4.78, 5) is 12.6. The van der Waals surface area contributed by atoms with Crippen molar-refractivity contribution >= 4 is 33.3 Å². The van der Waals surface area contributed by atoms with Crippen LogP contribution < -0.4 is 4.31 Å². The van der Waals surface area contributed by atoms with Crippen molar-refractivity contribution in [3.63, 3.8) is 0 Å². The minimum Gasteiger partial charge on any atom is -0.383 e. The molecule has 1 aromatic carbocycles. The van der Waals surface area contributed by atoms with Gasteiger partial charge in [-0.1, -0.05) is 11.8 Å². The number of fused-ring (bicyclic) bond motifs is 1. The summed E-state index contributed by atoms with van der Waals surface area (Å²) in [7, 11) is -1.68. The first-order chi connectivity index (χ1) is 12.9. The molecule has 0 spiro atoms. The zero-order valence-electron chi connectivity index (χ0n) is 15.3. The van der Waals surface area contributed by atoms with Gasteiger partial charge >= 0.3 is 0 Å². The number of hydrogen-bond donors (Lipinski definition) is 0. The van der Waals surface area contributed by atoms with Crippen LogP contribution in [0.15, 0.2) is 29.7 Å². The molecule has 0 bridgehead atoms. The lowest BCUT2D eigenvalue weighted by atomic mass is 9.99. The highest BCUT2D eigenvalue weighted by molar-refractivity contribution is 7.99. The topological polar surface area (TPSA) is 94.4 Å². The lowest BCUT2D eigenvalue weighted by Crippen LogP contribution is -2.34. The number of sulfonamides is 1. The summed E-state index contributed by atoms with van der Waals surface area (Å²) in [5.74, 6) is 0.209. The first-order valence-corrected chi connectivity index (χ1v) is 11.4. The SMILES string of the molecule is COCCn1cnnc1SCC(=O)c1ccc2c(c1)CCCN2S(C)(=O)=O. The number of nitrogens with zero attached hydrogens (tertiary/aromatic N) is 4. The van der Waals surface area contributed by atoms with Crippen LogP contribution in [0.3, 0.4) is 0 Å². The normalized spacial score (nSPS) is 14.2. The first kappa shape index (κ1) is 19.8. The zero-order chi connectivity index (χ0) is 19.4. The summed E-state index contributed by atoms with van der Waals surface area (Å²) in [5.41, 5.74) is 2.15. The van der Waals surface area contributed by atoms with E-state index in [0.717, 1.165) is 18.4 Å². The van der Waals surface area contributed by atoms with E-state index < -0.39 is 10.0 Å². The Labute approximate surface area is 163 Å². The van der Waals surface area contributed by atoms with Gasteiger partial charge in [-0.3, -0.25) is 9.10 Å². The number of anilines is 1. The molecule has 0 amide bonds. The number of Topliss-reactive ketones (excluding diaryl/α,β-unsaturated/α-hetero) is 1. The highest BCUT2D eigenvalue weighted by atomic mass is 32.2. The van der Waals surface area contributed by atoms with Crippen LogP contribution in [0.5, 0.6) is 0 Å². The van der Waals surface area contributed by atoms with Gasteiger partial charge in [-0.15, -0.1) is 10.2 Å². The summed E-state index contributed by atoms with van der Waals surface area (Å²) in [6.45, 7) is 1.65. The summed E-state index contributed by atoms with van der Waals surface area (Å²) >= 11 is 1.33. The minimum absolute atomic E-state index is 0.0272. The second-order valence-corrected chi connectivity index (χ2v) is 9.14. The van der Waals surface area contributed by atoms with Crippen molar-refractivity contribution in [1.29, 1.82) is 0 Å². The molecule has 10 heteroatoms. The maximum absolute atomic E-state index is 12.6. The van der Waals surface area contributed by atoms with Crippen LogP contribution >= 0.6 is 11.8 Å². The Morgan fingerprint density at radius 3 is 2.93 bits per heavy atom. The van der Waals surface area contributed by atoms with Crippen molar-refractivity contribution < 1.29 is 17.9 Å². The number of aromatic nitrogens is 3. The summed E-state index contributed by atoms with van der Waals surface area (Å²) in [6.07, 6.45) is 4.33. The number of ether oxygens (including phenoxy) is 1. The molecule has 1 aromatic heterocycles. The Balaban J connectivity index is 1.70. The lowest BCUT2D eigenvalue weighted by Gasteiger charge is -2.29. The van der Waals surface area contributed by atoms with E-state index in [1.54, 1.807) is 25.6 Å². The smallest absolute Gasteiger partial charge is 0.232 e. The predicted molar refractivity (Wildman–Crippen MR) is 104 cm³/mol. The highest BCUT2D eigenvalue weighted by Crippen LogP contribution is 2.30. The maximum Gasteiger partial charge on any atom is 0.232 e. The van der Waals surface area contributed by atoms with Crippen LogP contribution in [0.1, 0.15) is 22.3 Å². The third-order valence-electron chi connectivity index (χ3n) is 4.33. The van der Waals surface area contributed by atoms with Crippen LogP contribution in [0, 0.1) is 0 Å². The van der Waals surface area contributed by atoms with Crippen molar-refractivity contribution in [2.75, 3.05) is 36.6 Å². The fourth-order valence-electron chi connectivity index (χ4n) is 2.99. The molecule has 27 heavy (non-hydrogen) atoms. The molecule has 2 aromatic rings. The molecule has 1 aliphatic heterocycles. The van der Waals surface area contributed by atoms with Gasteiger partial charge in [0.05, 0.1) is 24.3 Å². The van der Waals surface area contributed by atoms with Gasteiger partial charge < -0.3 is 9.30 Å². The lowest BCUT2D eigenvalue weighted by molar-refractivity contribution is 0.102. The molecule has 0 radical (unpaired) electrons. The van der Waals surface area contributed by atoms with Crippen LogP contribution in [-0.4, -0.2) is 61.2 Å². The van der Waals surface area contributed by atoms with Crippen molar-refractivity contribution in [2.24, 2.45) is 0 Å². The number of thioether (sulfide) groups is 1. The Hall–Kier alpha value is -1.91. The maximum atomic E-state index is 12.6. The van der Waals surface area contributed by atoms with Gasteiger partial charge in [-0.2, -0.15) is 0 Å². The van der Waals surface area contributed by atoms with Gasteiger partial charge in [0.25, 0.3) is 0 Å². The second-order valence-electron chi connectivity index (χ2n) is 6.29. The van der Waals surface area contributed by atoms with Crippen LogP contribution in [0.25, 0.3) is 0 Å². The van der Waals surface area contributed by atoms with Crippen molar-refractivity contribution in [2.45, 2.75) is 24.5 Å². The van der Waals surface area contributed by atoms with E-state index >= 15 is 0 Å². The van der Waals surface area contributed by atoms with E-state index in [0.29, 0.717) is 36.1 Å². The third kappa shape index (κ3) is 4.69. The molecular formula is C17H22N4O4S2. The van der Waals surface area contributed by atoms with Gasteiger partial charge in [-0.25, -0.2) is 8.42 Å². The average Bonchev–Trinajstić information content (AvgIpc) is 3.10. The molecule has 3 rings (SSSR count). The molecule has 0 saturated carbocycles. The van der Waals surface area contributed by atoms with E-state index in [1.807, 2.05) is 10.6 Å². The molecular weight excluding hydrogens is 388 g/mol. The number of benzene rings is 1. The molecule has 8 nitrogen and oxygen atoms in total. The van der Waals surface area contributed by atoms with E-state index in [2.05, 4.69) is 10.2 Å². The van der Waals surface area contributed by atoms with Gasteiger partial charge in [-0.05, 0) is 36.6 Å². The van der Waals surface area contributed by atoms with Crippen molar-refractivity contribution in [1.82, 2.24) is 14.8 Å². The van der Waals surface area contributed by atoms with Crippen molar-refractivity contribution in [3.05, 3.63) is 35.7 Å². The quantitative estimate of drug-likeness (QED) is 0.482. The standard InChI is InChI=1S/C17H22N4O4S2/c1-25-9-8-20-12-18-19-17(20)26-11-16(22)14-5-6-15-13(10-14)4-3-7-21(15)27(2,23)24/h5-6,10,12H,3-4,7-9,11H2,1-2H3. The molecule has 0 atom stereocenters. The molecule has 2 heterocycles. The number of aryl methyl sites for hydroxylation is 1. The van der Waals surface area contributed by atoms with E-state index in [1.165, 1.54) is 22.3 Å². The Kier molecular flexibility index (Phi) is 6.18. The molecule has 0 unspecified atom stereocenters. The van der Waals surface area contributed by atoms with Gasteiger partial charge in [0, 0.05) is 25.8 Å². The van der Waals surface area contributed by atoms with Gasteiger partial charge in [0.1, 0.15) is 6.33 Å². The second kappa shape index (κ2) is 8.41. The summed E-state index contributed by atoms with van der Waals surface area (Å²) in [5, 5.41) is 8.58. The molecule has 1 aliphatic rings. The van der Waals surface area contributed by atoms with Gasteiger partial charge in [0.15, 0.2) is 10.9 Å². The van der Waals surface area contributed by atoms with Crippen LogP contribution in [0.2, 0.25) is 0 Å². The number of rotatable bonds is 8. The summed E-state index contributed by atoms with van der Waals surface area (Å²) < 4.78 is 32.2. The van der Waals surface area contributed by atoms with Crippen LogP contribution in [-0.2, 0) is 27.7 Å². The zero-order valence-corrected chi connectivity index (χ0v) is 16.9. The largest absolute Gasteiger partial charge is 0.383 e. The Morgan fingerprint density at radius 1 is 1.37 bits per heavy atom. The predicted octanol–water partition coefficient (Wildman–Crippen LogP) is 1.61. The third-order valence-corrected chi connectivity index (χ3v) is 6.49. The fraction of sp³-hybridized carbons (Fsp3) is 0.471.